The highest BCUT2D eigenvalue weighted by Gasteiger charge is 2.70. The molecule has 15 heteroatoms. The average molecular weight is 481 g/mol. The normalized spacial score (nSPS) is 18.7. The van der Waals surface area contributed by atoms with Gasteiger partial charge in [0.15, 0.2) is 17.7 Å². The summed E-state index contributed by atoms with van der Waals surface area (Å²) >= 11 is 0. The fourth-order valence-corrected chi connectivity index (χ4v) is 4.83. The Labute approximate surface area is 171 Å². The molecule has 0 spiro atoms. The van der Waals surface area contributed by atoms with E-state index in [1.807, 2.05) is 5.92 Å². The largest absolute Gasteiger partial charge is 0.417 e. The van der Waals surface area contributed by atoms with Crippen molar-refractivity contribution in [1.29, 1.82) is 5.26 Å². The maximum absolute atomic E-state index is 14.4. The summed E-state index contributed by atoms with van der Waals surface area (Å²) in [4.78, 5) is 12.0. The van der Waals surface area contributed by atoms with E-state index in [0.29, 0.717) is 0 Å². The van der Waals surface area contributed by atoms with Crippen molar-refractivity contribution in [2.45, 2.75) is 10.3 Å². The van der Waals surface area contributed by atoms with Gasteiger partial charge in [-0.2, -0.15) is 26.5 Å². The van der Waals surface area contributed by atoms with Crippen LogP contribution in [0.2, 0.25) is 0 Å². The van der Waals surface area contributed by atoms with Crippen molar-refractivity contribution in [2.75, 3.05) is 0 Å². The van der Waals surface area contributed by atoms with Crippen LogP contribution >= 0.6 is 0 Å². The Balaban J connectivity index is 2.54. The smallest absolute Gasteiger partial charge is 0.343 e. The lowest BCUT2D eigenvalue weighted by molar-refractivity contribution is 0.0596. The highest BCUT2D eigenvalue weighted by atomic mass is 32.3. The second kappa shape index (κ2) is 8.12. The molecule has 0 aromatic heterocycles. The first-order valence-electron chi connectivity index (χ1n) is 7.46. The molecule has 9 nitrogen and oxygen atoms in total. The SMILES string of the molecule is N#CC#Cc1ccc(C(=O)OC2=C(F)C(F)C(S(=O)(=O)O)(S(=O)(=O)O)C(F)=C2F)cc1. The van der Waals surface area contributed by atoms with E-state index >= 15 is 0 Å². The van der Waals surface area contributed by atoms with Gasteiger partial charge in [0.05, 0.1) is 5.56 Å². The summed E-state index contributed by atoms with van der Waals surface area (Å²) < 4.78 is 120. The van der Waals surface area contributed by atoms with Crippen LogP contribution in [-0.2, 0) is 25.0 Å². The number of nitriles is 1. The Hall–Kier alpha value is -3.24. The molecule has 0 aliphatic heterocycles. The second-order valence-electron chi connectivity index (χ2n) is 5.61. The van der Waals surface area contributed by atoms with E-state index in [0.717, 1.165) is 12.1 Å². The van der Waals surface area contributed by atoms with Crippen molar-refractivity contribution < 1.29 is 53.0 Å². The van der Waals surface area contributed by atoms with Gasteiger partial charge in [0, 0.05) is 11.5 Å². The first-order valence-corrected chi connectivity index (χ1v) is 10.3. The topological polar surface area (TPSA) is 159 Å². The third-order valence-corrected chi connectivity index (χ3v) is 7.38. The lowest BCUT2D eigenvalue weighted by Gasteiger charge is -2.31. The highest BCUT2D eigenvalue weighted by Crippen LogP contribution is 2.48. The van der Waals surface area contributed by atoms with Crippen LogP contribution in [0.3, 0.4) is 0 Å². The molecule has 1 atom stereocenters. The van der Waals surface area contributed by atoms with Crippen molar-refractivity contribution in [3.05, 3.63) is 58.6 Å². The molecule has 0 radical (unpaired) electrons. The molecule has 1 aromatic rings. The minimum absolute atomic E-state index is 0.230. The molecule has 0 saturated heterocycles. The summed E-state index contributed by atoms with van der Waals surface area (Å²) in [6.07, 6.45) is -4.25. The lowest BCUT2D eigenvalue weighted by Crippen LogP contribution is -2.56. The van der Waals surface area contributed by atoms with Crippen LogP contribution in [-0.4, -0.2) is 42.2 Å². The van der Waals surface area contributed by atoms with Crippen molar-refractivity contribution in [3.63, 3.8) is 0 Å². The van der Waals surface area contributed by atoms with E-state index in [4.69, 9.17) is 14.4 Å². The molecule has 0 amide bonds. The maximum atomic E-state index is 14.4. The number of hydrogen-bond acceptors (Lipinski definition) is 7. The minimum Gasteiger partial charge on any atom is -0.417 e. The van der Waals surface area contributed by atoms with Crippen LogP contribution in [0.25, 0.3) is 0 Å². The molecule has 1 unspecified atom stereocenters. The molecule has 1 aliphatic rings. The van der Waals surface area contributed by atoms with Crippen molar-refractivity contribution in [1.82, 2.24) is 0 Å². The molecule has 2 N–H and O–H groups in total. The Morgan fingerprint density at radius 1 is 1.06 bits per heavy atom. The van der Waals surface area contributed by atoms with E-state index in [2.05, 4.69) is 10.7 Å². The monoisotopic (exact) mass is 481 g/mol. The number of halogens is 4. The predicted octanol–water partition coefficient (Wildman–Crippen LogP) is 1.87. The molecule has 0 fully saturated rings. The molecule has 31 heavy (non-hydrogen) atoms. The van der Waals surface area contributed by atoms with Crippen LogP contribution in [0.15, 0.2) is 47.5 Å². The number of rotatable bonds is 4. The van der Waals surface area contributed by atoms with Gasteiger partial charge in [0.1, 0.15) is 0 Å². The zero-order valence-electron chi connectivity index (χ0n) is 14.5. The van der Waals surface area contributed by atoms with Gasteiger partial charge in [-0.3, -0.25) is 9.11 Å². The fourth-order valence-electron chi connectivity index (χ4n) is 2.41. The quantitative estimate of drug-likeness (QED) is 0.283. The number of carbonyl (C=O) groups excluding carboxylic acids is 1. The van der Waals surface area contributed by atoms with Gasteiger partial charge in [0.2, 0.25) is 17.8 Å². The number of nitrogens with zero attached hydrogens (tertiary/aromatic N) is 1. The molecule has 2 rings (SSSR count). The molecule has 1 aromatic carbocycles. The van der Waals surface area contributed by atoms with Crippen LogP contribution in [0, 0.1) is 23.2 Å². The van der Waals surface area contributed by atoms with Crippen LogP contribution in [0.4, 0.5) is 17.6 Å². The molecule has 1 aliphatic carbocycles. The van der Waals surface area contributed by atoms with Crippen molar-refractivity contribution in [2.24, 2.45) is 0 Å². The number of benzene rings is 1. The van der Waals surface area contributed by atoms with Crippen molar-refractivity contribution >= 4 is 26.2 Å². The Kier molecular flexibility index (Phi) is 6.30. The number of esters is 1. The number of ether oxygens (including phenoxy) is 1. The van der Waals surface area contributed by atoms with Crippen LogP contribution in [0.5, 0.6) is 0 Å². The third-order valence-electron chi connectivity index (χ3n) is 3.82. The number of allylic oxidation sites excluding steroid dienone is 2. The van der Waals surface area contributed by atoms with Gasteiger partial charge < -0.3 is 4.74 Å². The Morgan fingerprint density at radius 3 is 2.03 bits per heavy atom. The van der Waals surface area contributed by atoms with E-state index in [1.165, 1.54) is 18.2 Å². The standard InChI is InChI=1S/C16H7F4NO8S2/c17-10-12(29-15(22)9-5-3-8(4-6-9)2-1-7-21)11(18)14(20)16(13(10)19,30(23,24)25)31(26,27)28/h3-6,13H,(H,23,24,25)(H,26,27,28). The molecular formula is C16H7F4NO8S2. The van der Waals surface area contributed by atoms with Gasteiger partial charge in [-0.1, -0.05) is 5.92 Å². The summed E-state index contributed by atoms with van der Waals surface area (Å²) in [5.74, 6) is -8.12. The number of alkyl halides is 1. The number of carbonyl (C=O) groups is 1. The summed E-state index contributed by atoms with van der Waals surface area (Å²) in [5.41, 5.74) is -0.221. The van der Waals surface area contributed by atoms with Gasteiger partial charge in [-0.05, 0) is 24.3 Å². The van der Waals surface area contributed by atoms with E-state index in [1.54, 1.807) is 0 Å². The summed E-state index contributed by atoms with van der Waals surface area (Å²) in [6.45, 7) is 0. The van der Waals surface area contributed by atoms with E-state index in [-0.39, 0.29) is 5.56 Å². The summed E-state index contributed by atoms with van der Waals surface area (Å²) in [7, 11) is -13.1. The lowest BCUT2D eigenvalue weighted by atomic mass is 10.1. The second-order valence-corrected chi connectivity index (χ2v) is 9.06. The Morgan fingerprint density at radius 2 is 1.58 bits per heavy atom. The fraction of sp³-hybridized carbons (Fsp3) is 0.125. The summed E-state index contributed by atoms with van der Waals surface area (Å²) in [6, 6.07) is 5.81. The highest BCUT2D eigenvalue weighted by molar-refractivity contribution is 8.05. The Bertz CT molecular complexity index is 1300. The van der Waals surface area contributed by atoms with E-state index in [9.17, 15) is 39.2 Å². The molecule has 0 heterocycles. The number of hydrogen-bond donors (Lipinski definition) is 2. The van der Waals surface area contributed by atoms with Gasteiger partial charge >= 0.3 is 10.0 Å². The zero-order chi connectivity index (χ0) is 23.8. The first kappa shape index (κ1) is 24.0. The molecule has 0 bridgehead atoms. The minimum atomic E-state index is -6.56. The van der Waals surface area contributed by atoms with Crippen LogP contribution in [0.1, 0.15) is 15.9 Å². The summed E-state index contributed by atoms with van der Waals surface area (Å²) in [5, 5.41) is 8.34. The van der Waals surface area contributed by atoms with Gasteiger partial charge in [-0.25, -0.2) is 18.0 Å². The molecule has 0 saturated carbocycles. The third kappa shape index (κ3) is 3.91. The van der Waals surface area contributed by atoms with Gasteiger partial charge in [-0.15, -0.1) is 0 Å². The van der Waals surface area contributed by atoms with Crippen LogP contribution < -0.4 is 0 Å². The molecule has 164 valence electrons. The van der Waals surface area contributed by atoms with Crippen molar-refractivity contribution in [3.8, 4) is 17.9 Å². The maximum Gasteiger partial charge on any atom is 0.343 e. The van der Waals surface area contributed by atoms with E-state index < -0.39 is 65.3 Å². The van der Waals surface area contributed by atoms with Gasteiger partial charge in [0.25, 0.3) is 20.2 Å². The molecular weight excluding hydrogens is 474 g/mol. The predicted molar refractivity (Wildman–Crippen MR) is 92.4 cm³/mol. The average Bonchev–Trinajstić information content (AvgIpc) is 2.66. The first-order chi connectivity index (χ1) is 14.2. The zero-order valence-corrected chi connectivity index (χ0v) is 16.1.